The molecule has 1 aliphatic rings. The minimum absolute atomic E-state index is 0.0262. The number of phenolic OH excluding ortho intramolecular Hbond substituents is 1. The molecule has 0 saturated heterocycles. The first-order chi connectivity index (χ1) is 10.8. The molecule has 2 heteroatoms. The van der Waals surface area contributed by atoms with Crippen molar-refractivity contribution in [2.75, 3.05) is 0 Å². The summed E-state index contributed by atoms with van der Waals surface area (Å²) in [7, 11) is 0. The summed E-state index contributed by atoms with van der Waals surface area (Å²) in [4.78, 5) is 11.1. The van der Waals surface area contributed by atoms with E-state index in [1.807, 2.05) is 30.3 Å². The first-order valence-corrected chi connectivity index (χ1v) is 7.26. The molecule has 22 heavy (non-hydrogen) atoms. The van der Waals surface area contributed by atoms with Gasteiger partial charge in [0.15, 0.2) is 6.29 Å². The number of aldehydes is 1. The zero-order valence-corrected chi connectivity index (χ0v) is 11.9. The van der Waals surface area contributed by atoms with Gasteiger partial charge >= 0.3 is 0 Å². The zero-order valence-electron chi connectivity index (χ0n) is 11.9. The van der Waals surface area contributed by atoms with Crippen LogP contribution in [-0.4, -0.2) is 11.4 Å². The molecule has 0 spiro atoms. The van der Waals surface area contributed by atoms with E-state index in [-0.39, 0.29) is 11.7 Å². The molecule has 106 valence electrons. The first kappa shape index (κ1) is 12.8. The minimum atomic E-state index is 0.0262. The Hall–Kier alpha value is -2.87. The van der Waals surface area contributed by atoms with E-state index in [1.54, 1.807) is 12.1 Å². The van der Waals surface area contributed by atoms with E-state index in [0.29, 0.717) is 11.8 Å². The van der Waals surface area contributed by atoms with Crippen molar-refractivity contribution in [2.24, 2.45) is 0 Å². The minimum Gasteiger partial charge on any atom is -0.507 e. The molecule has 1 N–H and O–H groups in total. The van der Waals surface area contributed by atoms with Gasteiger partial charge in [-0.2, -0.15) is 0 Å². The Morgan fingerprint density at radius 1 is 0.818 bits per heavy atom. The Bertz CT molecular complexity index is 835. The predicted molar refractivity (Wildman–Crippen MR) is 86.3 cm³/mol. The summed E-state index contributed by atoms with van der Waals surface area (Å²) in [5.41, 5.74) is 6.32. The molecule has 3 aromatic carbocycles. The van der Waals surface area contributed by atoms with Gasteiger partial charge in [0.1, 0.15) is 5.75 Å². The standard InChI is InChI=1S/C20H14O2/c21-12-14-11-13(9-10-19(14)22)20-17-7-3-1-5-15(17)16-6-2-4-8-18(16)20/h1-12,20,22H. The Morgan fingerprint density at radius 3 is 2.00 bits per heavy atom. The lowest BCUT2D eigenvalue weighted by molar-refractivity contribution is 0.112. The molecule has 0 radical (unpaired) electrons. The molecule has 0 bridgehead atoms. The number of hydrogen-bond donors (Lipinski definition) is 1. The van der Waals surface area contributed by atoms with Crippen molar-refractivity contribution in [1.82, 2.24) is 0 Å². The first-order valence-electron chi connectivity index (χ1n) is 7.26. The van der Waals surface area contributed by atoms with Crippen LogP contribution in [0.2, 0.25) is 0 Å². The maximum atomic E-state index is 11.1. The monoisotopic (exact) mass is 286 g/mol. The van der Waals surface area contributed by atoms with Gasteiger partial charge in [-0.15, -0.1) is 0 Å². The van der Waals surface area contributed by atoms with Crippen molar-refractivity contribution in [3.63, 3.8) is 0 Å². The van der Waals surface area contributed by atoms with Crippen molar-refractivity contribution < 1.29 is 9.90 Å². The van der Waals surface area contributed by atoms with E-state index in [9.17, 15) is 9.90 Å². The third-order valence-corrected chi connectivity index (χ3v) is 4.35. The van der Waals surface area contributed by atoms with Crippen molar-refractivity contribution in [1.29, 1.82) is 0 Å². The van der Waals surface area contributed by atoms with Crippen molar-refractivity contribution in [2.45, 2.75) is 5.92 Å². The fourth-order valence-electron chi connectivity index (χ4n) is 3.36. The molecule has 0 atom stereocenters. The number of benzene rings is 3. The van der Waals surface area contributed by atoms with Gasteiger partial charge in [-0.1, -0.05) is 54.6 Å². The number of aromatic hydroxyl groups is 1. The fraction of sp³-hybridized carbons (Fsp3) is 0.0500. The number of carbonyl (C=O) groups excluding carboxylic acids is 1. The summed E-state index contributed by atoms with van der Waals surface area (Å²) in [6, 6.07) is 22.0. The Kier molecular flexibility index (Phi) is 2.83. The molecule has 0 unspecified atom stereocenters. The van der Waals surface area contributed by atoms with Gasteiger partial charge < -0.3 is 5.11 Å². The highest BCUT2D eigenvalue weighted by Gasteiger charge is 2.29. The van der Waals surface area contributed by atoms with Crippen molar-refractivity contribution >= 4 is 6.29 Å². The third-order valence-electron chi connectivity index (χ3n) is 4.35. The maximum Gasteiger partial charge on any atom is 0.153 e. The van der Waals surface area contributed by atoms with Gasteiger partial charge in [0, 0.05) is 5.92 Å². The molecule has 0 saturated carbocycles. The molecular formula is C20H14O2. The third kappa shape index (κ3) is 1.77. The molecule has 0 aliphatic heterocycles. The molecule has 0 aromatic heterocycles. The van der Waals surface area contributed by atoms with Gasteiger partial charge in [0.05, 0.1) is 5.56 Å². The van der Waals surface area contributed by atoms with Crippen LogP contribution in [-0.2, 0) is 0 Å². The topological polar surface area (TPSA) is 37.3 Å². The maximum absolute atomic E-state index is 11.1. The lowest BCUT2D eigenvalue weighted by atomic mass is 9.88. The SMILES string of the molecule is O=Cc1cc(C2c3ccccc3-c3ccccc32)ccc1O. The number of carbonyl (C=O) groups is 1. The van der Waals surface area contributed by atoms with E-state index in [0.717, 1.165) is 5.56 Å². The smallest absolute Gasteiger partial charge is 0.153 e. The van der Waals surface area contributed by atoms with Gasteiger partial charge in [0.25, 0.3) is 0 Å². The molecule has 2 nitrogen and oxygen atoms in total. The van der Waals surface area contributed by atoms with Gasteiger partial charge in [-0.25, -0.2) is 0 Å². The second-order valence-corrected chi connectivity index (χ2v) is 5.54. The number of hydrogen-bond acceptors (Lipinski definition) is 2. The highest BCUT2D eigenvalue weighted by atomic mass is 16.3. The summed E-state index contributed by atoms with van der Waals surface area (Å²) in [5.74, 6) is 0.130. The van der Waals surface area contributed by atoms with Crippen LogP contribution < -0.4 is 0 Å². The van der Waals surface area contributed by atoms with Crippen molar-refractivity contribution in [3.05, 3.63) is 89.0 Å². The lowest BCUT2D eigenvalue weighted by Gasteiger charge is -2.15. The van der Waals surface area contributed by atoms with Crippen LogP contribution in [0.4, 0.5) is 0 Å². The second kappa shape index (κ2) is 4.85. The highest BCUT2D eigenvalue weighted by Crippen LogP contribution is 2.47. The van der Waals surface area contributed by atoms with Gasteiger partial charge in [0.2, 0.25) is 0 Å². The predicted octanol–water partition coefficient (Wildman–Crippen LogP) is 4.37. The molecule has 0 heterocycles. The number of phenols is 1. The largest absolute Gasteiger partial charge is 0.507 e. The molecular weight excluding hydrogens is 272 g/mol. The normalized spacial score (nSPS) is 12.7. The lowest BCUT2D eigenvalue weighted by Crippen LogP contribution is -2.00. The van der Waals surface area contributed by atoms with E-state index >= 15 is 0 Å². The van der Waals surface area contributed by atoms with Gasteiger partial charge in [-0.05, 0) is 39.9 Å². The van der Waals surface area contributed by atoms with E-state index in [1.165, 1.54) is 22.3 Å². The number of fused-ring (bicyclic) bond motifs is 3. The second-order valence-electron chi connectivity index (χ2n) is 5.54. The fourth-order valence-corrected chi connectivity index (χ4v) is 3.36. The quantitative estimate of drug-likeness (QED) is 0.556. The Balaban J connectivity index is 1.97. The Labute approximate surface area is 128 Å². The van der Waals surface area contributed by atoms with Crippen LogP contribution in [0, 0.1) is 0 Å². The average molecular weight is 286 g/mol. The van der Waals surface area contributed by atoms with Crippen LogP contribution in [0.3, 0.4) is 0 Å². The Morgan fingerprint density at radius 2 is 1.41 bits per heavy atom. The number of rotatable bonds is 2. The van der Waals surface area contributed by atoms with E-state index in [4.69, 9.17) is 0 Å². The van der Waals surface area contributed by atoms with Crippen LogP contribution in [0.15, 0.2) is 66.7 Å². The molecule has 0 amide bonds. The molecule has 4 rings (SSSR count). The van der Waals surface area contributed by atoms with Gasteiger partial charge in [-0.3, -0.25) is 4.79 Å². The summed E-state index contributed by atoms with van der Waals surface area (Å²) in [6.45, 7) is 0. The summed E-state index contributed by atoms with van der Waals surface area (Å²) in [6.07, 6.45) is 0.700. The molecule has 0 fully saturated rings. The molecule has 1 aliphatic carbocycles. The zero-order chi connectivity index (χ0) is 15.1. The van der Waals surface area contributed by atoms with Crippen LogP contribution in [0.5, 0.6) is 5.75 Å². The molecule has 3 aromatic rings. The van der Waals surface area contributed by atoms with Crippen LogP contribution in [0.25, 0.3) is 11.1 Å². The van der Waals surface area contributed by atoms with E-state index in [2.05, 4.69) is 24.3 Å². The van der Waals surface area contributed by atoms with Crippen LogP contribution >= 0.6 is 0 Å². The van der Waals surface area contributed by atoms with Crippen LogP contribution in [0.1, 0.15) is 33.0 Å². The summed E-state index contributed by atoms with van der Waals surface area (Å²) in [5, 5.41) is 9.74. The summed E-state index contributed by atoms with van der Waals surface area (Å²) < 4.78 is 0. The summed E-state index contributed by atoms with van der Waals surface area (Å²) >= 11 is 0. The average Bonchev–Trinajstić information content (AvgIpc) is 2.90. The van der Waals surface area contributed by atoms with Crippen molar-refractivity contribution in [3.8, 4) is 16.9 Å². The highest BCUT2D eigenvalue weighted by molar-refractivity contribution is 5.83. The van der Waals surface area contributed by atoms with E-state index < -0.39 is 0 Å².